The van der Waals surface area contributed by atoms with Crippen molar-refractivity contribution in [3.8, 4) is 0 Å². The van der Waals surface area contributed by atoms with Gasteiger partial charge < -0.3 is 5.21 Å². The fourth-order valence-electron chi connectivity index (χ4n) is 12.6. The Kier molecular flexibility index (Phi) is 14.4. The quantitative estimate of drug-likeness (QED) is 0.103. The van der Waals surface area contributed by atoms with Gasteiger partial charge in [-0.3, -0.25) is 9.97 Å². The monoisotopic (exact) mass is 988 g/mol. The van der Waals surface area contributed by atoms with E-state index in [0.717, 1.165) is 28.7 Å². The second-order valence-electron chi connectivity index (χ2n) is 27.3. The Balaban J connectivity index is 0.000000148. The maximum Gasteiger partial charge on any atom is 0.135 e. The van der Waals surface area contributed by atoms with Gasteiger partial charge in [0.25, 0.3) is 0 Å². The Morgan fingerprint density at radius 2 is 0.797 bits per heavy atom. The number of hydrogen-bond donors (Lipinski definition) is 1. The van der Waals surface area contributed by atoms with E-state index < -0.39 is 0 Å². The summed E-state index contributed by atoms with van der Waals surface area (Å²) in [5, 5.41) is 13.3. The van der Waals surface area contributed by atoms with Crippen molar-refractivity contribution in [1.82, 2.24) is 9.97 Å². The minimum Gasteiger partial charge on any atom is -0.410 e. The van der Waals surface area contributed by atoms with E-state index in [4.69, 9.17) is 4.98 Å². The number of aryl methyl sites for hydroxylation is 6. The van der Waals surface area contributed by atoms with Crippen molar-refractivity contribution in [1.29, 1.82) is 0 Å². The number of benzene rings is 4. The number of rotatable bonds is 6. The summed E-state index contributed by atoms with van der Waals surface area (Å²) in [6, 6.07) is 31.5. The third-order valence-electron chi connectivity index (χ3n) is 18.5. The molecule has 4 nitrogen and oxygen atoms in total. The SMILES string of the molecule is C=C(c1ccc(C)cc1)c1cc2c(cc1C)C(C)(C)CCC2(C)C.Cc1ccc(/C(=N\O)c2cc3c(cc2C)C(C)(C)CCC3(C)C)nc1.Cc1ccc(C2(c3cc4c(cc3C)C(C)(C)CCC4(C)C)CC2)nc1. The molecule has 2 aromatic heterocycles. The van der Waals surface area contributed by atoms with Crippen LogP contribution in [0.4, 0.5) is 0 Å². The lowest BCUT2D eigenvalue weighted by atomic mass is 9.62. The van der Waals surface area contributed by atoms with Gasteiger partial charge in [-0.25, -0.2) is 0 Å². The third kappa shape index (κ3) is 10.5. The van der Waals surface area contributed by atoms with E-state index in [1.54, 1.807) is 17.3 Å². The van der Waals surface area contributed by atoms with Crippen molar-refractivity contribution >= 4 is 11.3 Å². The molecule has 0 unspecified atom stereocenters. The maximum atomic E-state index is 9.71. The Labute approximate surface area is 447 Å². The van der Waals surface area contributed by atoms with Crippen LogP contribution in [0.2, 0.25) is 0 Å². The summed E-state index contributed by atoms with van der Waals surface area (Å²) in [6.07, 6.45) is 13.7. The first-order valence-corrected chi connectivity index (χ1v) is 27.8. The van der Waals surface area contributed by atoms with E-state index in [-0.39, 0.29) is 37.9 Å². The van der Waals surface area contributed by atoms with Crippen LogP contribution in [0.1, 0.15) is 235 Å². The second-order valence-corrected chi connectivity index (χ2v) is 27.3. The minimum absolute atomic E-state index is 0.120. The maximum absolute atomic E-state index is 9.71. The Bertz CT molecular complexity index is 3110. The van der Waals surface area contributed by atoms with Crippen LogP contribution in [0.15, 0.2) is 109 Å². The fourth-order valence-corrected chi connectivity index (χ4v) is 12.6. The van der Waals surface area contributed by atoms with Gasteiger partial charge in [-0.15, -0.1) is 0 Å². The molecule has 0 atom stereocenters. The van der Waals surface area contributed by atoms with Gasteiger partial charge in [-0.1, -0.05) is 167 Å². The number of oxime groups is 1. The van der Waals surface area contributed by atoms with Gasteiger partial charge in [0, 0.05) is 23.4 Å². The first kappa shape index (κ1) is 54.6. The van der Waals surface area contributed by atoms with Gasteiger partial charge in [0.1, 0.15) is 5.71 Å². The molecule has 4 aliphatic rings. The smallest absolute Gasteiger partial charge is 0.135 e. The normalized spacial score (nSPS) is 19.7. The number of nitrogens with zero attached hydrogens (tertiary/aromatic N) is 3. The lowest BCUT2D eigenvalue weighted by Gasteiger charge is -2.43. The second kappa shape index (κ2) is 19.5. The first-order valence-electron chi connectivity index (χ1n) is 27.8. The molecular weight excluding hydrogens is 899 g/mol. The largest absolute Gasteiger partial charge is 0.410 e. The van der Waals surface area contributed by atoms with Crippen molar-refractivity contribution in [2.24, 2.45) is 5.16 Å². The van der Waals surface area contributed by atoms with E-state index in [2.05, 4.69) is 207 Å². The molecule has 2 heterocycles. The molecule has 4 aliphatic carbocycles. The third-order valence-corrected chi connectivity index (χ3v) is 18.5. The summed E-state index contributed by atoms with van der Waals surface area (Å²) in [7, 11) is 0. The van der Waals surface area contributed by atoms with E-state index in [1.807, 2.05) is 25.3 Å². The lowest BCUT2D eigenvalue weighted by molar-refractivity contribution is 0.319. The predicted molar refractivity (Wildman–Crippen MR) is 314 cm³/mol. The van der Waals surface area contributed by atoms with Crippen LogP contribution >= 0.6 is 0 Å². The molecule has 0 spiro atoms. The molecule has 74 heavy (non-hydrogen) atoms. The number of aromatic nitrogens is 2. The minimum atomic E-state index is 0.120. The topological polar surface area (TPSA) is 58.4 Å². The zero-order chi connectivity index (χ0) is 54.1. The summed E-state index contributed by atoms with van der Waals surface area (Å²) >= 11 is 0. The molecule has 6 aromatic rings. The Morgan fingerprint density at radius 1 is 0.419 bits per heavy atom. The van der Waals surface area contributed by atoms with Crippen molar-refractivity contribution in [2.45, 2.75) is 214 Å². The van der Waals surface area contributed by atoms with Crippen molar-refractivity contribution in [3.63, 3.8) is 0 Å². The average molecular weight is 989 g/mol. The molecule has 0 saturated heterocycles. The van der Waals surface area contributed by atoms with Crippen LogP contribution < -0.4 is 0 Å². The van der Waals surface area contributed by atoms with E-state index in [1.165, 1.54) is 112 Å². The zero-order valence-corrected chi connectivity index (χ0v) is 48.9. The molecule has 390 valence electrons. The highest BCUT2D eigenvalue weighted by atomic mass is 16.4. The van der Waals surface area contributed by atoms with Crippen molar-refractivity contribution < 1.29 is 5.21 Å². The summed E-state index contributed by atoms with van der Waals surface area (Å²) in [6.45, 7) is 45.7. The highest BCUT2D eigenvalue weighted by molar-refractivity contribution is 6.12. The predicted octanol–water partition coefficient (Wildman–Crippen LogP) is 18.1. The van der Waals surface area contributed by atoms with Gasteiger partial charge in [-0.2, -0.15) is 0 Å². The number of fused-ring (bicyclic) bond motifs is 3. The molecule has 4 heteroatoms. The van der Waals surface area contributed by atoms with Gasteiger partial charge >= 0.3 is 0 Å². The van der Waals surface area contributed by atoms with Crippen LogP contribution in [0.25, 0.3) is 5.57 Å². The van der Waals surface area contributed by atoms with E-state index >= 15 is 0 Å². The molecule has 0 amide bonds. The molecule has 0 radical (unpaired) electrons. The van der Waals surface area contributed by atoms with Crippen LogP contribution in [0.5, 0.6) is 0 Å². The van der Waals surface area contributed by atoms with Gasteiger partial charge in [0.2, 0.25) is 0 Å². The highest BCUT2D eigenvalue weighted by Gasteiger charge is 2.49. The Hall–Kier alpha value is -5.61. The number of hydrogen-bond acceptors (Lipinski definition) is 4. The summed E-state index contributed by atoms with van der Waals surface area (Å²) < 4.78 is 0. The Morgan fingerprint density at radius 3 is 1.20 bits per heavy atom. The molecular formula is C70H89N3O. The molecule has 0 aliphatic heterocycles. The first-order chi connectivity index (χ1) is 34.4. The molecule has 0 bridgehead atoms. The van der Waals surface area contributed by atoms with Crippen LogP contribution in [-0.4, -0.2) is 20.9 Å². The summed E-state index contributed by atoms with van der Waals surface area (Å²) in [5.41, 5.74) is 26.6. The van der Waals surface area contributed by atoms with Crippen LogP contribution in [-0.2, 0) is 37.9 Å². The van der Waals surface area contributed by atoms with Gasteiger partial charge in [-0.05, 0) is 227 Å². The molecule has 10 rings (SSSR count). The fraction of sp³-hybridized carbons (Fsp3) is 0.471. The molecule has 1 N–H and O–H groups in total. The molecule has 4 aromatic carbocycles. The average Bonchev–Trinajstić information content (AvgIpc) is 4.15. The van der Waals surface area contributed by atoms with Gasteiger partial charge in [0.15, 0.2) is 0 Å². The van der Waals surface area contributed by atoms with Gasteiger partial charge in [0.05, 0.1) is 11.4 Å². The summed E-state index contributed by atoms with van der Waals surface area (Å²) in [4.78, 5) is 9.26. The zero-order valence-electron chi connectivity index (χ0n) is 48.9. The van der Waals surface area contributed by atoms with Crippen molar-refractivity contribution in [2.75, 3.05) is 0 Å². The van der Waals surface area contributed by atoms with E-state index in [0.29, 0.717) is 11.4 Å². The van der Waals surface area contributed by atoms with Crippen LogP contribution in [0.3, 0.4) is 0 Å². The standard InChI is InChI=1S/C24H31N.C24H30.C22H28N2O/c1-16-7-8-21(25-15-16)24(11-12-24)18-14-20-19(13-17(18)2)22(3,4)9-10-23(20,5)6;1-16-8-10-19(11-9-16)18(3)20-15-22-21(14-17(20)2)23(4,5)12-13-24(22,6)7;1-14-7-8-19(23-13-14)20(24-25)16-12-18-17(11-15(16)2)21(3,4)9-10-22(18,5)6/h7-8,13-15H,9-12H2,1-6H3;8-11,14-15H,3,12-13H2,1-2,4-7H3;7-8,11-13,25H,9-10H2,1-6H3/b;;24-20-. The molecule has 1 fully saturated rings. The van der Waals surface area contributed by atoms with Crippen LogP contribution in [0, 0.1) is 41.5 Å². The number of pyridine rings is 2. The molecule has 1 saturated carbocycles. The lowest BCUT2D eigenvalue weighted by Crippen LogP contribution is -2.34. The van der Waals surface area contributed by atoms with E-state index in [9.17, 15) is 5.21 Å². The summed E-state index contributed by atoms with van der Waals surface area (Å²) in [5.74, 6) is 0. The van der Waals surface area contributed by atoms with Crippen molar-refractivity contribution in [3.05, 3.63) is 204 Å². The highest BCUT2D eigenvalue weighted by Crippen LogP contribution is 2.56.